The quantitative estimate of drug-likeness (QED) is 0.793. The van der Waals surface area contributed by atoms with E-state index in [0.717, 1.165) is 6.42 Å². The molecule has 8 heteroatoms. The lowest BCUT2D eigenvalue weighted by atomic mass is 10.1. The predicted molar refractivity (Wildman–Crippen MR) is 75.6 cm³/mol. The van der Waals surface area contributed by atoms with Crippen LogP contribution in [0.2, 0.25) is 5.02 Å². The first-order valence-corrected chi connectivity index (χ1v) is 8.33. The molecule has 104 valence electrons. The van der Waals surface area contributed by atoms with E-state index in [-0.39, 0.29) is 14.9 Å². The van der Waals surface area contributed by atoms with Crippen LogP contribution in [0.1, 0.15) is 20.3 Å². The minimum atomic E-state index is -3.62. The Morgan fingerprint density at radius 1 is 1.56 bits per heavy atom. The summed E-state index contributed by atoms with van der Waals surface area (Å²) in [5, 5.41) is 3.93. The summed E-state index contributed by atoms with van der Waals surface area (Å²) < 4.78 is 27.9. The lowest BCUT2D eigenvalue weighted by Crippen LogP contribution is -2.31. The van der Waals surface area contributed by atoms with Crippen molar-refractivity contribution >= 4 is 37.6 Å². The molecule has 18 heavy (non-hydrogen) atoms. The second-order valence-corrected chi connectivity index (χ2v) is 7.88. The molecule has 0 aromatic carbocycles. The van der Waals surface area contributed by atoms with Gasteiger partial charge in [-0.1, -0.05) is 41.4 Å². The van der Waals surface area contributed by atoms with Crippen LogP contribution in [0, 0.1) is 5.92 Å². The van der Waals surface area contributed by atoms with E-state index in [1.807, 2.05) is 0 Å². The Morgan fingerprint density at radius 3 is 2.61 bits per heavy atom. The number of halogens is 2. The van der Waals surface area contributed by atoms with Gasteiger partial charge >= 0.3 is 0 Å². The van der Waals surface area contributed by atoms with Crippen LogP contribution in [0.4, 0.5) is 0 Å². The molecule has 0 fully saturated rings. The number of aromatic nitrogens is 2. The molecule has 0 saturated carbocycles. The first-order chi connectivity index (χ1) is 8.24. The minimum Gasteiger partial charge on any atom is -0.255 e. The van der Waals surface area contributed by atoms with E-state index in [2.05, 4.69) is 39.6 Å². The van der Waals surface area contributed by atoms with E-state index < -0.39 is 10.0 Å². The summed E-state index contributed by atoms with van der Waals surface area (Å²) in [5.41, 5.74) is 0. The second-order valence-electron chi connectivity index (χ2n) is 4.50. The largest absolute Gasteiger partial charge is 0.259 e. The van der Waals surface area contributed by atoms with Gasteiger partial charge in [-0.2, -0.15) is 5.10 Å². The molecule has 1 aromatic heterocycles. The number of nitrogens with one attached hydrogen (secondary N) is 1. The maximum absolute atomic E-state index is 12.0. The number of hydrogen-bond acceptors (Lipinski definition) is 3. The van der Waals surface area contributed by atoms with Crippen molar-refractivity contribution < 1.29 is 8.42 Å². The van der Waals surface area contributed by atoms with Crippen molar-refractivity contribution in [3.63, 3.8) is 0 Å². The molecule has 0 bridgehead atoms. The van der Waals surface area contributed by atoms with Crippen LogP contribution in [0.3, 0.4) is 0 Å². The first-order valence-electron chi connectivity index (χ1n) is 5.55. The van der Waals surface area contributed by atoms with E-state index >= 15 is 0 Å². The maximum atomic E-state index is 12.0. The van der Waals surface area contributed by atoms with Crippen LogP contribution in [-0.4, -0.2) is 29.6 Å². The van der Waals surface area contributed by atoms with Gasteiger partial charge in [0, 0.05) is 18.4 Å². The highest BCUT2D eigenvalue weighted by molar-refractivity contribution is 9.09. The topological polar surface area (TPSA) is 64.0 Å². The van der Waals surface area contributed by atoms with Gasteiger partial charge in [-0.05, 0) is 12.3 Å². The molecule has 1 N–H and O–H groups in total. The fraction of sp³-hybridized carbons (Fsp3) is 0.700. The number of hydrogen-bond donors (Lipinski definition) is 1. The molecule has 1 atom stereocenters. The average Bonchev–Trinajstić information content (AvgIpc) is 2.55. The van der Waals surface area contributed by atoms with Gasteiger partial charge in [0.15, 0.2) is 5.03 Å². The molecule has 5 nitrogen and oxygen atoms in total. The minimum absolute atomic E-state index is 0.00610. The third kappa shape index (κ3) is 4.22. The van der Waals surface area contributed by atoms with Gasteiger partial charge in [0.1, 0.15) is 0 Å². The number of aryl methyl sites for hydroxylation is 1. The number of sulfonamides is 1. The van der Waals surface area contributed by atoms with Crippen molar-refractivity contribution in [1.29, 1.82) is 0 Å². The summed E-state index contributed by atoms with van der Waals surface area (Å²) in [7, 11) is -2.08. The fourth-order valence-electron chi connectivity index (χ4n) is 1.57. The molecule has 1 unspecified atom stereocenters. The van der Waals surface area contributed by atoms with E-state index in [1.54, 1.807) is 7.05 Å². The normalized spacial score (nSPS) is 14.1. The predicted octanol–water partition coefficient (Wildman–Crippen LogP) is 2.16. The Labute approximate surface area is 121 Å². The highest BCUT2D eigenvalue weighted by Gasteiger charge is 2.23. The van der Waals surface area contributed by atoms with Gasteiger partial charge in [0.2, 0.25) is 0 Å². The highest BCUT2D eigenvalue weighted by atomic mass is 79.9. The zero-order valence-corrected chi connectivity index (χ0v) is 13.7. The third-order valence-electron chi connectivity index (χ3n) is 2.32. The summed E-state index contributed by atoms with van der Waals surface area (Å²) in [6.45, 7) is 4.49. The van der Waals surface area contributed by atoms with Crippen LogP contribution in [0.15, 0.2) is 11.2 Å². The van der Waals surface area contributed by atoms with Gasteiger partial charge in [0.25, 0.3) is 10.0 Å². The third-order valence-corrected chi connectivity index (χ3v) is 4.95. The zero-order chi connectivity index (χ0) is 13.9. The van der Waals surface area contributed by atoms with Crippen molar-refractivity contribution in [1.82, 2.24) is 14.5 Å². The Kier molecular flexibility index (Phi) is 5.64. The maximum Gasteiger partial charge on any atom is 0.259 e. The average molecular weight is 359 g/mol. The molecule has 0 aliphatic carbocycles. The van der Waals surface area contributed by atoms with Crippen LogP contribution in [0.5, 0.6) is 0 Å². The van der Waals surface area contributed by atoms with Crippen molar-refractivity contribution in [2.75, 3.05) is 6.54 Å². The Hall–Kier alpha value is -0.110. The van der Waals surface area contributed by atoms with Gasteiger partial charge in [-0.25, -0.2) is 13.1 Å². The summed E-state index contributed by atoms with van der Waals surface area (Å²) >= 11 is 9.26. The lowest BCUT2D eigenvalue weighted by molar-refractivity contribution is 0.543. The Morgan fingerprint density at radius 2 is 2.17 bits per heavy atom. The molecular weight excluding hydrogens is 342 g/mol. The van der Waals surface area contributed by atoms with Crippen molar-refractivity contribution in [2.24, 2.45) is 13.0 Å². The van der Waals surface area contributed by atoms with Gasteiger partial charge in [-0.3, -0.25) is 4.68 Å². The monoisotopic (exact) mass is 357 g/mol. The summed E-state index contributed by atoms with van der Waals surface area (Å²) in [6.07, 6.45) is 2.21. The standard InChI is InChI=1S/C10H17BrClN3O2S/c1-7(2)4-8(11)5-14-18(16,17)10-9(12)6-13-15(10)3/h6-8,14H,4-5H2,1-3H3. The first kappa shape index (κ1) is 15.9. The van der Waals surface area contributed by atoms with Crippen molar-refractivity contribution in [3.8, 4) is 0 Å². The molecular formula is C10H17BrClN3O2S. The zero-order valence-electron chi connectivity index (χ0n) is 10.5. The lowest BCUT2D eigenvalue weighted by Gasteiger charge is -2.13. The molecule has 0 saturated heterocycles. The molecule has 0 radical (unpaired) electrons. The fourth-order valence-corrected chi connectivity index (χ4v) is 4.42. The molecule has 1 heterocycles. The van der Waals surface area contributed by atoms with Gasteiger partial charge < -0.3 is 0 Å². The molecule has 0 amide bonds. The summed E-state index contributed by atoms with van der Waals surface area (Å²) in [4.78, 5) is 0.0966. The van der Waals surface area contributed by atoms with Crippen LogP contribution >= 0.6 is 27.5 Å². The van der Waals surface area contributed by atoms with E-state index in [0.29, 0.717) is 12.5 Å². The van der Waals surface area contributed by atoms with E-state index in [4.69, 9.17) is 11.6 Å². The van der Waals surface area contributed by atoms with E-state index in [9.17, 15) is 8.42 Å². The summed E-state index contributed by atoms with van der Waals surface area (Å²) in [6, 6.07) is 0. The number of nitrogens with zero attached hydrogens (tertiary/aromatic N) is 2. The van der Waals surface area contributed by atoms with Gasteiger partial charge in [0.05, 0.1) is 11.2 Å². The van der Waals surface area contributed by atoms with Crippen molar-refractivity contribution in [2.45, 2.75) is 30.1 Å². The van der Waals surface area contributed by atoms with Crippen molar-refractivity contribution in [3.05, 3.63) is 11.2 Å². The smallest absolute Gasteiger partial charge is 0.255 e. The van der Waals surface area contributed by atoms with Crippen LogP contribution < -0.4 is 4.72 Å². The molecule has 1 aromatic rings. The van der Waals surface area contributed by atoms with Crippen LogP contribution in [-0.2, 0) is 17.1 Å². The SMILES string of the molecule is CC(C)CC(Br)CNS(=O)(=O)c1c(Cl)cnn1C. The highest BCUT2D eigenvalue weighted by Crippen LogP contribution is 2.20. The number of alkyl halides is 1. The summed E-state index contributed by atoms with van der Waals surface area (Å²) in [5.74, 6) is 0.499. The number of rotatable bonds is 6. The molecule has 0 aliphatic rings. The Bertz CT molecular complexity index is 482. The second kappa shape index (κ2) is 6.36. The molecule has 1 rings (SSSR count). The van der Waals surface area contributed by atoms with Crippen LogP contribution in [0.25, 0.3) is 0 Å². The Balaban J connectivity index is 2.72. The van der Waals surface area contributed by atoms with Gasteiger partial charge in [-0.15, -0.1) is 0 Å². The molecule has 0 spiro atoms. The molecule has 0 aliphatic heterocycles. The van der Waals surface area contributed by atoms with E-state index in [1.165, 1.54) is 10.9 Å².